The SMILES string of the molecule is CCOc1ccc2sc(C=NCCc3c[nH]c4ccccc34)c(O)c2c1. The van der Waals surface area contributed by atoms with Gasteiger partial charge in [-0.1, -0.05) is 18.2 Å². The van der Waals surface area contributed by atoms with E-state index in [9.17, 15) is 5.11 Å². The molecule has 0 aliphatic carbocycles. The molecule has 0 spiro atoms. The maximum atomic E-state index is 10.5. The Balaban J connectivity index is 1.49. The first kappa shape index (κ1) is 16.7. The van der Waals surface area contributed by atoms with E-state index in [1.54, 1.807) is 17.6 Å². The van der Waals surface area contributed by atoms with Crippen LogP contribution in [0.5, 0.6) is 11.5 Å². The van der Waals surface area contributed by atoms with E-state index in [1.165, 1.54) is 10.9 Å². The molecule has 0 unspecified atom stereocenters. The minimum Gasteiger partial charge on any atom is -0.506 e. The normalized spacial score (nSPS) is 11.7. The van der Waals surface area contributed by atoms with Gasteiger partial charge in [-0.05, 0) is 43.2 Å². The van der Waals surface area contributed by atoms with E-state index in [2.05, 4.69) is 28.2 Å². The molecule has 0 atom stereocenters. The number of thiophene rings is 1. The lowest BCUT2D eigenvalue weighted by Gasteiger charge is -2.01. The average Bonchev–Trinajstić information content (AvgIpc) is 3.21. The summed E-state index contributed by atoms with van der Waals surface area (Å²) in [6, 6.07) is 14.1. The molecule has 26 heavy (non-hydrogen) atoms. The number of benzene rings is 2. The highest BCUT2D eigenvalue weighted by molar-refractivity contribution is 7.21. The highest BCUT2D eigenvalue weighted by Crippen LogP contribution is 2.37. The molecule has 4 aromatic rings. The standard InChI is InChI=1S/C21H20N2O2S/c1-2-25-15-7-8-19-17(11-15)21(24)20(26-19)13-22-10-9-14-12-23-18-6-4-3-5-16(14)18/h3-8,11-13,23-24H,2,9-10H2,1H3. The van der Waals surface area contributed by atoms with Gasteiger partial charge in [0.05, 0.1) is 11.5 Å². The average molecular weight is 364 g/mol. The quantitative estimate of drug-likeness (QED) is 0.465. The van der Waals surface area contributed by atoms with Crippen LogP contribution in [-0.2, 0) is 6.42 Å². The number of aromatic nitrogens is 1. The monoisotopic (exact) mass is 364 g/mol. The number of nitrogens with one attached hydrogen (secondary N) is 1. The second-order valence-electron chi connectivity index (χ2n) is 6.05. The molecule has 0 bridgehead atoms. The number of aromatic hydroxyl groups is 1. The maximum absolute atomic E-state index is 10.5. The zero-order chi connectivity index (χ0) is 17.9. The molecule has 0 aliphatic heterocycles. The first-order valence-electron chi connectivity index (χ1n) is 8.69. The van der Waals surface area contributed by atoms with E-state index >= 15 is 0 Å². The number of hydrogen-bond acceptors (Lipinski definition) is 4. The van der Waals surface area contributed by atoms with Gasteiger partial charge < -0.3 is 14.8 Å². The number of rotatable bonds is 6. The fraction of sp³-hybridized carbons (Fsp3) is 0.190. The van der Waals surface area contributed by atoms with Gasteiger partial charge in [-0.25, -0.2) is 0 Å². The summed E-state index contributed by atoms with van der Waals surface area (Å²) in [5, 5.41) is 12.5. The molecule has 0 aliphatic rings. The Bertz CT molecular complexity index is 1080. The molecular formula is C21H20N2O2S. The molecule has 2 aromatic carbocycles. The van der Waals surface area contributed by atoms with Crippen LogP contribution >= 0.6 is 11.3 Å². The van der Waals surface area contributed by atoms with Crippen molar-refractivity contribution in [3.05, 3.63) is 59.1 Å². The summed E-state index contributed by atoms with van der Waals surface area (Å²) < 4.78 is 6.54. The Morgan fingerprint density at radius 1 is 1.19 bits per heavy atom. The molecule has 2 heterocycles. The van der Waals surface area contributed by atoms with Crippen molar-refractivity contribution in [2.45, 2.75) is 13.3 Å². The Kier molecular flexibility index (Phi) is 4.63. The van der Waals surface area contributed by atoms with Crippen LogP contribution in [0.25, 0.3) is 21.0 Å². The van der Waals surface area contributed by atoms with Crippen molar-refractivity contribution in [2.75, 3.05) is 13.2 Å². The van der Waals surface area contributed by atoms with Gasteiger partial charge in [0.25, 0.3) is 0 Å². The Hall–Kier alpha value is -2.79. The number of fused-ring (bicyclic) bond motifs is 2. The van der Waals surface area contributed by atoms with Gasteiger partial charge in [-0.2, -0.15) is 0 Å². The molecule has 4 rings (SSSR count). The summed E-state index contributed by atoms with van der Waals surface area (Å²) in [5.74, 6) is 1.05. The van der Waals surface area contributed by atoms with Crippen LogP contribution in [0.1, 0.15) is 17.4 Å². The molecule has 0 saturated carbocycles. The third-order valence-corrected chi connectivity index (χ3v) is 5.46. The molecule has 2 aromatic heterocycles. The fourth-order valence-corrected chi connectivity index (χ4v) is 4.07. The van der Waals surface area contributed by atoms with Gasteiger partial charge in [0.2, 0.25) is 0 Å². The van der Waals surface area contributed by atoms with Gasteiger partial charge in [-0.15, -0.1) is 11.3 Å². The molecule has 4 nitrogen and oxygen atoms in total. The minimum atomic E-state index is 0.280. The lowest BCUT2D eigenvalue weighted by atomic mass is 10.1. The van der Waals surface area contributed by atoms with E-state index < -0.39 is 0 Å². The van der Waals surface area contributed by atoms with Gasteiger partial charge in [0.15, 0.2) is 0 Å². The smallest absolute Gasteiger partial charge is 0.143 e. The van der Waals surface area contributed by atoms with Gasteiger partial charge in [0.1, 0.15) is 11.5 Å². The molecule has 0 radical (unpaired) electrons. The molecular weight excluding hydrogens is 344 g/mol. The van der Waals surface area contributed by atoms with E-state index in [1.807, 2.05) is 37.4 Å². The predicted octanol–water partition coefficient (Wildman–Crippen LogP) is 5.15. The van der Waals surface area contributed by atoms with Crippen molar-refractivity contribution in [1.29, 1.82) is 0 Å². The van der Waals surface area contributed by atoms with Gasteiger partial charge in [0, 0.05) is 39.9 Å². The van der Waals surface area contributed by atoms with Crippen molar-refractivity contribution >= 4 is 38.5 Å². The Morgan fingerprint density at radius 2 is 2.08 bits per heavy atom. The molecule has 5 heteroatoms. The fourth-order valence-electron chi connectivity index (χ4n) is 3.10. The van der Waals surface area contributed by atoms with E-state index in [0.29, 0.717) is 13.2 Å². The number of hydrogen-bond donors (Lipinski definition) is 2. The zero-order valence-corrected chi connectivity index (χ0v) is 15.3. The number of aliphatic imine (C=N–C) groups is 1. The predicted molar refractivity (Wildman–Crippen MR) is 109 cm³/mol. The van der Waals surface area contributed by atoms with Gasteiger partial charge >= 0.3 is 0 Å². The minimum absolute atomic E-state index is 0.280. The number of nitrogens with zero attached hydrogens (tertiary/aromatic N) is 1. The van der Waals surface area contributed by atoms with Crippen molar-refractivity contribution in [3.63, 3.8) is 0 Å². The number of ether oxygens (including phenoxy) is 1. The van der Waals surface area contributed by atoms with Crippen LogP contribution < -0.4 is 4.74 Å². The van der Waals surface area contributed by atoms with Crippen molar-refractivity contribution < 1.29 is 9.84 Å². The molecule has 0 fully saturated rings. The number of aromatic amines is 1. The van der Waals surface area contributed by atoms with Crippen LogP contribution in [0.3, 0.4) is 0 Å². The third-order valence-electron chi connectivity index (χ3n) is 4.36. The van der Waals surface area contributed by atoms with E-state index in [-0.39, 0.29) is 5.75 Å². The van der Waals surface area contributed by atoms with Crippen LogP contribution in [0.2, 0.25) is 0 Å². The summed E-state index contributed by atoms with van der Waals surface area (Å²) >= 11 is 1.54. The lowest BCUT2D eigenvalue weighted by Crippen LogP contribution is -1.90. The molecule has 0 saturated heterocycles. The van der Waals surface area contributed by atoms with E-state index in [4.69, 9.17) is 4.74 Å². The summed E-state index contributed by atoms with van der Waals surface area (Å²) in [4.78, 5) is 8.59. The van der Waals surface area contributed by atoms with Crippen LogP contribution in [0, 0.1) is 0 Å². The Labute approximate surface area is 155 Å². The first-order valence-corrected chi connectivity index (χ1v) is 9.51. The number of H-pyrrole nitrogens is 1. The first-order chi connectivity index (χ1) is 12.8. The van der Waals surface area contributed by atoms with Gasteiger partial charge in [-0.3, -0.25) is 4.99 Å². The summed E-state index contributed by atoms with van der Waals surface area (Å²) in [6.45, 7) is 3.24. The van der Waals surface area contributed by atoms with Crippen molar-refractivity contribution in [3.8, 4) is 11.5 Å². The lowest BCUT2D eigenvalue weighted by molar-refractivity contribution is 0.340. The Morgan fingerprint density at radius 3 is 2.96 bits per heavy atom. The molecule has 132 valence electrons. The zero-order valence-electron chi connectivity index (χ0n) is 14.5. The summed E-state index contributed by atoms with van der Waals surface area (Å²) in [6.07, 6.45) is 4.68. The summed E-state index contributed by atoms with van der Waals surface area (Å²) in [5.41, 5.74) is 2.42. The summed E-state index contributed by atoms with van der Waals surface area (Å²) in [7, 11) is 0. The highest BCUT2D eigenvalue weighted by Gasteiger charge is 2.10. The van der Waals surface area contributed by atoms with Crippen LogP contribution in [0.15, 0.2) is 53.7 Å². The molecule has 2 N–H and O–H groups in total. The topological polar surface area (TPSA) is 57.6 Å². The maximum Gasteiger partial charge on any atom is 0.143 e. The largest absolute Gasteiger partial charge is 0.506 e. The third kappa shape index (κ3) is 3.18. The number of para-hydroxylation sites is 1. The second-order valence-corrected chi connectivity index (χ2v) is 7.13. The van der Waals surface area contributed by atoms with Crippen LogP contribution in [-0.4, -0.2) is 29.5 Å². The highest BCUT2D eigenvalue weighted by atomic mass is 32.1. The van der Waals surface area contributed by atoms with E-state index in [0.717, 1.165) is 32.7 Å². The van der Waals surface area contributed by atoms with Crippen LogP contribution in [0.4, 0.5) is 0 Å². The van der Waals surface area contributed by atoms with Crippen molar-refractivity contribution in [2.24, 2.45) is 4.99 Å². The molecule has 0 amide bonds. The van der Waals surface area contributed by atoms with Crippen molar-refractivity contribution in [1.82, 2.24) is 4.98 Å². The second kappa shape index (κ2) is 7.22.